The van der Waals surface area contributed by atoms with E-state index in [4.69, 9.17) is 6.42 Å². The summed E-state index contributed by atoms with van der Waals surface area (Å²) < 4.78 is 27.9. The lowest BCUT2D eigenvalue weighted by molar-refractivity contribution is 0.583. The van der Waals surface area contributed by atoms with Crippen LogP contribution in [0, 0.1) is 12.3 Å². The van der Waals surface area contributed by atoms with E-state index in [0.717, 1.165) is 4.47 Å². The van der Waals surface area contributed by atoms with Gasteiger partial charge in [0, 0.05) is 21.2 Å². The molecule has 0 aromatic heterocycles. The van der Waals surface area contributed by atoms with E-state index in [1.807, 2.05) is 0 Å². The number of benzene rings is 1. The van der Waals surface area contributed by atoms with E-state index in [1.54, 1.807) is 18.2 Å². The number of hydrogen-bond acceptors (Lipinski definition) is 3. The Labute approximate surface area is 128 Å². The zero-order chi connectivity index (χ0) is 13.6. The van der Waals surface area contributed by atoms with Gasteiger partial charge in [0.05, 0.1) is 10.6 Å². The summed E-state index contributed by atoms with van der Waals surface area (Å²) in [6, 6.07) is 4.93. The lowest BCUT2D eigenvalue weighted by Gasteiger charge is -2.08. The number of rotatable bonds is 6. The third-order valence-corrected chi connectivity index (χ3v) is 5.70. The Kier molecular flexibility index (Phi) is 6.74. The fourth-order valence-electron chi connectivity index (χ4n) is 1.15. The molecule has 0 unspecified atom stereocenters. The molecule has 0 fully saturated rings. The van der Waals surface area contributed by atoms with Crippen molar-refractivity contribution in [2.24, 2.45) is 0 Å². The van der Waals surface area contributed by atoms with Crippen LogP contribution in [0.15, 0.2) is 32.0 Å². The summed E-state index contributed by atoms with van der Waals surface area (Å²) in [6.07, 6.45) is 5.10. The molecule has 3 nitrogen and oxygen atoms in total. The first-order valence-corrected chi connectivity index (χ1v) is 9.15. The summed E-state index contributed by atoms with van der Waals surface area (Å²) in [4.78, 5) is 0.229. The van der Waals surface area contributed by atoms with Crippen LogP contribution in [0.5, 0.6) is 0 Å². The summed E-state index contributed by atoms with van der Waals surface area (Å²) >= 11 is 8.03. The molecule has 0 saturated heterocycles. The maximum absolute atomic E-state index is 12.0. The molecule has 0 aliphatic rings. The second-order valence-electron chi connectivity index (χ2n) is 3.23. The SMILES string of the molecule is C#CCSCCNS(=O)(=O)c1ccc(Br)cc1Br. The molecule has 1 rings (SSSR count). The van der Waals surface area contributed by atoms with Gasteiger partial charge in [-0.25, -0.2) is 13.1 Å². The summed E-state index contributed by atoms with van der Waals surface area (Å²) in [7, 11) is -3.48. The summed E-state index contributed by atoms with van der Waals surface area (Å²) in [5, 5.41) is 0. The fourth-order valence-corrected chi connectivity index (χ4v) is 4.56. The molecule has 0 aliphatic carbocycles. The molecule has 0 heterocycles. The van der Waals surface area contributed by atoms with Crippen LogP contribution in [-0.4, -0.2) is 26.5 Å². The lowest BCUT2D eigenvalue weighted by Crippen LogP contribution is -2.26. The Balaban J connectivity index is 2.66. The van der Waals surface area contributed by atoms with Crippen molar-refractivity contribution in [1.82, 2.24) is 4.72 Å². The molecule has 0 radical (unpaired) electrons. The topological polar surface area (TPSA) is 46.2 Å². The van der Waals surface area contributed by atoms with Crippen molar-refractivity contribution >= 4 is 53.6 Å². The smallest absolute Gasteiger partial charge is 0.210 e. The average molecular weight is 413 g/mol. The number of terminal acetylenes is 1. The van der Waals surface area contributed by atoms with Crippen LogP contribution in [-0.2, 0) is 10.0 Å². The highest BCUT2D eigenvalue weighted by Gasteiger charge is 2.16. The third-order valence-electron chi connectivity index (χ3n) is 1.91. The van der Waals surface area contributed by atoms with Gasteiger partial charge in [-0.15, -0.1) is 18.2 Å². The number of hydrogen-bond donors (Lipinski definition) is 1. The van der Waals surface area contributed by atoms with Crippen molar-refractivity contribution in [3.63, 3.8) is 0 Å². The molecule has 0 atom stereocenters. The van der Waals surface area contributed by atoms with Crippen molar-refractivity contribution < 1.29 is 8.42 Å². The molecule has 0 aliphatic heterocycles. The summed E-state index contributed by atoms with van der Waals surface area (Å²) in [5.41, 5.74) is 0. The van der Waals surface area contributed by atoms with Crippen LogP contribution in [0.3, 0.4) is 0 Å². The highest BCUT2D eigenvalue weighted by molar-refractivity contribution is 9.11. The largest absolute Gasteiger partial charge is 0.241 e. The van der Waals surface area contributed by atoms with Crippen LogP contribution in [0.4, 0.5) is 0 Å². The maximum Gasteiger partial charge on any atom is 0.241 e. The summed E-state index contributed by atoms with van der Waals surface area (Å²) in [6.45, 7) is 0.358. The molecule has 0 amide bonds. The number of halogens is 2. The van der Waals surface area contributed by atoms with Crippen molar-refractivity contribution in [1.29, 1.82) is 0 Å². The van der Waals surface area contributed by atoms with Gasteiger partial charge in [-0.1, -0.05) is 21.9 Å². The second kappa shape index (κ2) is 7.56. The predicted octanol–water partition coefficient (Wildman–Crippen LogP) is 2.86. The molecule has 0 saturated carbocycles. The van der Waals surface area contributed by atoms with Crippen LogP contribution < -0.4 is 4.72 Å². The van der Waals surface area contributed by atoms with E-state index < -0.39 is 10.0 Å². The van der Waals surface area contributed by atoms with E-state index in [1.165, 1.54) is 11.8 Å². The van der Waals surface area contributed by atoms with Crippen LogP contribution in [0.25, 0.3) is 0 Å². The molecule has 0 spiro atoms. The number of sulfonamides is 1. The zero-order valence-corrected chi connectivity index (χ0v) is 14.1. The van der Waals surface area contributed by atoms with E-state index in [-0.39, 0.29) is 4.90 Å². The highest BCUT2D eigenvalue weighted by Crippen LogP contribution is 2.25. The van der Waals surface area contributed by atoms with Crippen molar-refractivity contribution in [2.75, 3.05) is 18.1 Å². The Morgan fingerprint density at radius 2 is 2.11 bits per heavy atom. The normalized spacial score (nSPS) is 11.2. The Hall–Kier alpha value is -0.000000000000000111. The van der Waals surface area contributed by atoms with E-state index in [9.17, 15) is 8.42 Å². The highest BCUT2D eigenvalue weighted by atomic mass is 79.9. The standard InChI is InChI=1S/C11H11Br2NO2S2/c1-2-6-17-7-5-14-18(15,16)11-4-3-9(12)8-10(11)13/h1,3-4,8,14H,5-7H2. The molecule has 1 aromatic carbocycles. The number of nitrogens with one attached hydrogen (secondary N) is 1. The first kappa shape index (κ1) is 16.1. The zero-order valence-electron chi connectivity index (χ0n) is 9.32. The first-order chi connectivity index (χ1) is 8.47. The minimum absolute atomic E-state index is 0.229. The molecule has 1 N–H and O–H groups in total. The number of thioether (sulfide) groups is 1. The predicted molar refractivity (Wildman–Crippen MR) is 83.2 cm³/mol. The van der Waals surface area contributed by atoms with Crippen LogP contribution in [0.1, 0.15) is 0 Å². The van der Waals surface area contributed by atoms with Crippen LogP contribution >= 0.6 is 43.6 Å². The molecule has 7 heteroatoms. The van der Waals surface area contributed by atoms with Gasteiger partial charge in [0.25, 0.3) is 0 Å². The van der Waals surface area contributed by atoms with E-state index in [2.05, 4.69) is 42.5 Å². The lowest BCUT2D eigenvalue weighted by atomic mass is 10.4. The van der Waals surface area contributed by atoms with Gasteiger partial charge in [-0.3, -0.25) is 0 Å². The van der Waals surface area contributed by atoms with Crippen molar-refractivity contribution in [2.45, 2.75) is 4.90 Å². The van der Waals surface area contributed by atoms with Crippen molar-refractivity contribution in [3.8, 4) is 12.3 Å². The molecule has 98 valence electrons. The quantitative estimate of drug-likeness (QED) is 0.577. The molecular formula is C11H11Br2NO2S2. The molecular weight excluding hydrogens is 402 g/mol. The minimum atomic E-state index is -3.48. The fraction of sp³-hybridized carbons (Fsp3) is 0.273. The Morgan fingerprint density at radius 3 is 2.72 bits per heavy atom. The maximum atomic E-state index is 12.0. The Morgan fingerprint density at radius 1 is 1.39 bits per heavy atom. The van der Waals surface area contributed by atoms with Gasteiger partial charge >= 0.3 is 0 Å². The Bertz CT molecular complexity index is 553. The van der Waals surface area contributed by atoms with Gasteiger partial charge in [0.15, 0.2) is 0 Å². The monoisotopic (exact) mass is 411 g/mol. The van der Waals surface area contributed by atoms with Gasteiger partial charge in [0.2, 0.25) is 10.0 Å². The molecule has 0 bridgehead atoms. The van der Waals surface area contributed by atoms with Gasteiger partial charge < -0.3 is 0 Å². The molecule has 1 aromatic rings. The van der Waals surface area contributed by atoms with E-state index >= 15 is 0 Å². The third kappa shape index (κ3) is 4.94. The molecule has 18 heavy (non-hydrogen) atoms. The second-order valence-corrected chi connectivity index (χ2v) is 7.84. The summed E-state index contributed by atoms with van der Waals surface area (Å²) in [5.74, 6) is 3.72. The first-order valence-electron chi connectivity index (χ1n) is 4.93. The van der Waals surface area contributed by atoms with Gasteiger partial charge in [-0.05, 0) is 34.1 Å². The van der Waals surface area contributed by atoms with Crippen molar-refractivity contribution in [3.05, 3.63) is 27.1 Å². The van der Waals surface area contributed by atoms with Gasteiger partial charge in [0.1, 0.15) is 0 Å². The van der Waals surface area contributed by atoms with Crippen LogP contribution in [0.2, 0.25) is 0 Å². The van der Waals surface area contributed by atoms with E-state index in [0.29, 0.717) is 22.5 Å². The van der Waals surface area contributed by atoms with Gasteiger partial charge in [-0.2, -0.15) is 0 Å². The average Bonchev–Trinajstić information content (AvgIpc) is 2.28. The minimum Gasteiger partial charge on any atom is -0.210 e.